The van der Waals surface area contributed by atoms with E-state index in [2.05, 4.69) is 15.2 Å². The third-order valence-electron chi connectivity index (χ3n) is 4.78. The molecule has 0 spiro atoms. The van der Waals surface area contributed by atoms with E-state index in [9.17, 15) is 9.90 Å². The minimum absolute atomic E-state index is 0.152. The van der Waals surface area contributed by atoms with Crippen LogP contribution in [0.3, 0.4) is 0 Å². The summed E-state index contributed by atoms with van der Waals surface area (Å²) < 4.78 is 5.27. The van der Waals surface area contributed by atoms with E-state index in [1.165, 1.54) is 16.2 Å². The Hall–Kier alpha value is -2.97. The van der Waals surface area contributed by atoms with Crippen molar-refractivity contribution in [1.82, 2.24) is 15.2 Å². The van der Waals surface area contributed by atoms with Crippen LogP contribution < -0.4 is 9.64 Å². The van der Waals surface area contributed by atoms with Gasteiger partial charge in [-0.2, -0.15) is 0 Å². The number of benzene rings is 2. The van der Waals surface area contributed by atoms with Crippen molar-refractivity contribution < 1.29 is 14.6 Å². The number of methoxy groups -OCH3 is 1. The number of carbonyl (C=O) groups is 1. The Kier molecular flexibility index (Phi) is 3.85. The van der Waals surface area contributed by atoms with Crippen molar-refractivity contribution in [3.63, 3.8) is 0 Å². The molecule has 140 valence electrons. The molecular weight excluding hydrogens is 400 g/mol. The van der Waals surface area contributed by atoms with Gasteiger partial charge in [0.1, 0.15) is 27.6 Å². The first-order chi connectivity index (χ1) is 13.6. The molecule has 5 rings (SSSR count). The van der Waals surface area contributed by atoms with Gasteiger partial charge in [-0.05, 0) is 35.9 Å². The molecule has 0 bridgehead atoms. The van der Waals surface area contributed by atoms with Crippen LogP contribution in [0.25, 0.3) is 21.6 Å². The summed E-state index contributed by atoms with van der Waals surface area (Å²) in [6.07, 6.45) is 0. The largest absolute Gasteiger partial charge is 0.508 e. The SMILES string of the molecule is COc1ccc2nc3sc(N4C(=O)C(Cl)C4c4ccc(O)cc4)nnc-3c2c1. The van der Waals surface area contributed by atoms with Crippen molar-refractivity contribution >= 4 is 44.9 Å². The molecule has 1 saturated heterocycles. The zero-order valence-corrected chi connectivity index (χ0v) is 16.1. The number of ether oxygens (including phenoxy) is 1. The Bertz CT molecular complexity index is 1180. The van der Waals surface area contributed by atoms with E-state index in [1.807, 2.05) is 18.2 Å². The van der Waals surface area contributed by atoms with Crippen molar-refractivity contribution in [2.45, 2.75) is 11.4 Å². The highest BCUT2D eigenvalue weighted by atomic mass is 35.5. The van der Waals surface area contributed by atoms with Gasteiger partial charge in [-0.15, -0.1) is 21.8 Å². The number of amides is 1. The first kappa shape index (κ1) is 17.2. The second-order valence-electron chi connectivity index (χ2n) is 6.38. The van der Waals surface area contributed by atoms with Crippen LogP contribution in [0.4, 0.5) is 5.13 Å². The number of phenolic OH excluding ortho intramolecular Hbond substituents is 1. The highest BCUT2D eigenvalue weighted by Crippen LogP contribution is 2.45. The predicted octanol–water partition coefficient (Wildman–Crippen LogP) is 3.60. The molecule has 1 fully saturated rings. The molecule has 3 aliphatic heterocycles. The third kappa shape index (κ3) is 2.49. The van der Waals surface area contributed by atoms with Crippen LogP contribution in [0.2, 0.25) is 0 Å². The molecule has 2 aromatic rings. The summed E-state index contributed by atoms with van der Waals surface area (Å²) in [6, 6.07) is 11.8. The number of hydrogen-bond acceptors (Lipinski definition) is 7. The van der Waals surface area contributed by atoms with Crippen molar-refractivity contribution in [2.24, 2.45) is 0 Å². The van der Waals surface area contributed by atoms with E-state index in [4.69, 9.17) is 16.3 Å². The minimum Gasteiger partial charge on any atom is -0.508 e. The van der Waals surface area contributed by atoms with Crippen LogP contribution in [-0.2, 0) is 4.79 Å². The Morgan fingerprint density at radius 1 is 1.18 bits per heavy atom. The van der Waals surface area contributed by atoms with Gasteiger partial charge >= 0.3 is 0 Å². The molecule has 9 heteroatoms. The first-order valence-corrected chi connectivity index (χ1v) is 9.69. The number of β-lactam (4-membered cyclic amide) rings is 1. The molecule has 0 saturated carbocycles. The Morgan fingerprint density at radius 2 is 1.96 bits per heavy atom. The summed E-state index contributed by atoms with van der Waals surface area (Å²) in [5.74, 6) is 0.634. The first-order valence-electron chi connectivity index (χ1n) is 8.44. The second-order valence-corrected chi connectivity index (χ2v) is 7.81. The summed E-state index contributed by atoms with van der Waals surface area (Å²) >= 11 is 7.56. The Labute approximate surface area is 168 Å². The van der Waals surface area contributed by atoms with Gasteiger partial charge in [0, 0.05) is 5.39 Å². The van der Waals surface area contributed by atoms with Crippen LogP contribution >= 0.6 is 22.9 Å². The van der Waals surface area contributed by atoms with E-state index in [-0.39, 0.29) is 17.7 Å². The smallest absolute Gasteiger partial charge is 0.250 e. The van der Waals surface area contributed by atoms with E-state index in [1.54, 1.807) is 31.4 Å². The third-order valence-corrected chi connectivity index (χ3v) is 6.14. The molecule has 3 aliphatic rings. The van der Waals surface area contributed by atoms with Gasteiger partial charge in [0.25, 0.3) is 0 Å². The highest BCUT2D eigenvalue weighted by molar-refractivity contribution is 7.18. The van der Waals surface area contributed by atoms with Crippen LogP contribution in [0.1, 0.15) is 11.6 Å². The minimum atomic E-state index is -0.690. The van der Waals surface area contributed by atoms with Gasteiger partial charge in [0.15, 0.2) is 0 Å². The van der Waals surface area contributed by atoms with Crippen LogP contribution in [0, 0.1) is 0 Å². The van der Waals surface area contributed by atoms with Crippen LogP contribution in [0.5, 0.6) is 11.5 Å². The maximum Gasteiger partial charge on any atom is 0.250 e. The van der Waals surface area contributed by atoms with Gasteiger partial charge in [0.2, 0.25) is 11.0 Å². The maximum atomic E-state index is 12.5. The van der Waals surface area contributed by atoms with E-state index in [0.29, 0.717) is 21.6 Å². The number of aromatic hydroxyl groups is 1. The standard InChI is InChI=1S/C19H13ClN4O3S/c1-27-11-6-7-13-12(8-11)15-17(21-13)28-19(23-22-15)24-16(14(20)18(24)26)9-2-4-10(25)5-3-9/h2-8,14,16,25H,1H3. The molecule has 1 N–H and O–H groups in total. The van der Waals surface area contributed by atoms with E-state index < -0.39 is 5.38 Å². The molecule has 28 heavy (non-hydrogen) atoms. The van der Waals surface area contributed by atoms with Gasteiger partial charge in [-0.25, -0.2) is 4.98 Å². The fourth-order valence-corrected chi connectivity index (χ4v) is 4.64. The molecule has 1 amide bonds. The molecule has 2 aromatic carbocycles. The van der Waals surface area contributed by atoms with Gasteiger partial charge in [0.05, 0.1) is 18.7 Å². The number of carbonyl (C=O) groups excluding carboxylic acids is 1. The molecule has 2 atom stereocenters. The lowest BCUT2D eigenvalue weighted by Gasteiger charge is -2.42. The highest BCUT2D eigenvalue weighted by Gasteiger charge is 2.49. The zero-order chi connectivity index (χ0) is 19.4. The quantitative estimate of drug-likeness (QED) is 0.408. The summed E-state index contributed by atoms with van der Waals surface area (Å²) in [5, 5.41) is 19.4. The number of halogens is 1. The van der Waals surface area contributed by atoms with Crippen molar-refractivity contribution in [2.75, 3.05) is 12.0 Å². The van der Waals surface area contributed by atoms with Crippen LogP contribution in [-0.4, -0.2) is 38.7 Å². The molecule has 0 aromatic heterocycles. The number of nitrogens with zero attached hydrogens (tertiary/aromatic N) is 4. The van der Waals surface area contributed by atoms with Crippen molar-refractivity contribution in [1.29, 1.82) is 0 Å². The predicted molar refractivity (Wildman–Crippen MR) is 106 cm³/mol. The van der Waals surface area contributed by atoms with E-state index >= 15 is 0 Å². The monoisotopic (exact) mass is 412 g/mol. The lowest BCUT2D eigenvalue weighted by atomic mass is 9.94. The molecule has 0 aliphatic carbocycles. The normalized spacial score (nSPS) is 19.2. The Morgan fingerprint density at radius 3 is 2.71 bits per heavy atom. The Balaban J connectivity index is 1.58. The number of aromatic nitrogens is 3. The fraction of sp³-hybridized carbons (Fsp3) is 0.158. The second kappa shape index (κ2) is 6.29. The molecule has 3 heterocycles. The number of rotatable bonds is 3. The lowest BCUT2D eigenvalue weighted by molar-refractivity contribution is -0.123. The van der Waals surface area contributed by atoms with Crippen LogP contribution in [0.15, 0.2) is 42.5 Å². The summed E-state index contributed by atoms with van der Waals surface area (Å²) in [5.41, 5.74) is 2.27. The number of phenols is 1. The number of fused-ring (bicyclic) bond motifs is 3. The van der Waals surface area contributed by atoms with Gasteiger partial charge in [-0.3, -0.25) is 9.69 Å². The molecular formula is C19H13ClN4O3S. The maximum absolute atomic E-state index is 12.5. The summed E-state index contributed by atoms with van der Waals surface area (Å²) in [7, 11) is 1.60. The average Bonchev–Trinajstić information content (AvgIpc) is 3.08. The summed E-state index contributed by atoms with van der Waals surface area (Å²) in [6.45, 7) is 0. The van der Waals surface area contributed by atoms with Crippen molar-refractivity contribution in [3.05, 3.63) is 48.0 Å². The van der Waals surface area contributed by atoms with Gasteiger partial charge in [-0.1, -0.05) is 23.5 Å². The molecule has 2 unspecified atom stereocenters. The topological polar surface area (TPSA) is 88.4 Å². The summed E-state index contributed by atoms with van der Waals surface area (Å²) in [4.78, 5) is 18.6. The lowest BCUT2D eigenvalue weighted by Crippen LogP contribution is -2.56. The van der Waals surface area contributed by atoms with Gasteiger partial charge < -0.3 is 9.84 Å². The molecule has 0 radical (unpaired) electrons. The zero-order valence-electron chi connectivity index (χ0n) is 14.5. The molecule has 7 nitrogen and oxygen atoms in total. The number of alkyl halides is 1. The average molecular weight is 413 g/mol. The van der Waals surface area contributed by atoms with Crippen molar-refractivity contribution in [3.8, 4) is 22.2 Å². The fourth-order valence-electron chi connectivity index (χ4n) is 3.33. The number of hydrogen-bond donors (Lipinski definition) is 1. The van der Waals surface area contributed by atoms with E-state index in [0.717, 1.165) is 16.5 Å². The number of anilines is 1.